The van der Waals surface area contributed by atoms with Gasteiger partial charge in [-0.15, -0.1) is 0 Å². The van der Waals surface area contributed by atoms with Crippen LogP contribution in [0.25, 0.3) is 0 Å². The van der Waals surface area contributed by atoms with Gasteiger partial charge in [-0.25, -0.2) is 0 Å². The molecule has 1 aromatic rings. The Hall–Kier alpha value is -1.06. The van der Waals surface area contributed by atoms with Crippen molar-refractivity contribution in [3.8, 4) is 0 Å². The van der Waals surface area contributed by atoms with Gasteiger partial charge in [-0.1, -0.05) is 18.6 Å². The van der Waals surface area contributed by atoms with Crippen molar-refractivity contribution in [2.75, 3.05) is 38.1 Å². The molecule has 0 spiro atoms. The van der Waals surface area contributed by atoms with Crippen LogP contribution in [0.5, 0.6) is 0 Å². The van der Waals surface area contributed by atoms with Gasteiger partial charge in [-0.2, -0.15) is 0 Å². The molecule has 1 fully saturated rings. The Morgan fingerprint density at radius 3 is 2.46 bits per heavy atom. The maximum atomic E-state index is 10.7. The number of fused-ring (bicyclic) bond motifs is 1. The van der Waals surface area contributed by atoms with Gasteiger partial charge in [0.1, 0.15) is 0 Å². The minimum Gasteiger partial charge on any atom is -0.386 e. The molecule has 2 aliphatic rings. The molecule has 134 valence electrons. The first kappa shape index (κ1) is 17.8. The molecule has 1 aromatic carbocycles. The zero-order valence-corrected chi connectivity index (χ0v) is 15.8. The Kier molecular flexibility index (Phi) is 5.51. The van der Waals surface area contributed by atoms with E-state index in [2.05, 4.69) is 29.0 Å². The van der Waals surface area contributed by atoms with E-state index in [-0.39, 0.29) is 0 Å². The van der Waals surface area contributed by atoms with Gasteiger partial charge in [-0.05, 0) is 76.6 Å². The lowest BCUT2D eigenvalue weighted by atomic mass is 9.84. The van der Waals surface area contributed by atoms with Gasteiger partial charge >= 0.3 is 0 Å². The average Bonchev–Trinajstić information content (AvgIpc) is 2.58. The van der Waals surface area contributed by atoms with Crippen LogP contribution in [-0.4, -0.2) is 43.2 Å². The van der Waals surface area contributed by atoms with Crippen molar-refractivity contribution >= 4 is 5.69 Å². The van der Waals surface area contributed by atoms with E-state index in [0.717, 1.165) is 25.1 Å². The zero-order valence-electron chi connectivity index (χ0n) is 15.8. The second-order valence-electron chi connectivity index (χ2n) is 8.19. The summed E-state index contributed by atoms with van der Waals surface area (Å²) in [5, 5.41) is 10.7. The second kappa shape index (κ2) is 7.45. The quantitative estimate of drug-likeness (QED) is 0.891. The molecule has 1 heterocycles. The van der Waals surface area contributed by atoms with Crippen LogP contribution in [0.15, 0.2) is 12.1 Å². The van der Waals surface area contributed by atoms with E-state index in [1.54, 1.807) is 0 Å². The van der Waals surface area contributed by atoms with E-state index in [0.29, 0.717) is 0 Å². The van der Waals surface area contributed by atoms with Gasteiger partial charge in [0.2, 0.25) is 0 Å². The van der Waals surface area contributed by atoms with Crippen LogP contribution in [0.4, 0.5) is 5.69 Å². The highest BCUT2D eigenvalue weighted by Gasteiger charge is 2.27. The fourth-order valence-electron chi connectivity index (χ4n) is 4.32. The molecule has 0 amide bonds. The lowest BCUT2D eigenvalue weighted by molar-refractivity contribution is 0.0789. The standard InChI is InChI=1S/C21H34N2O/c1-21(2,24)19-12-11-17-9-5-6-10-18(17)20(19)22(3)15-16-23-13-7-4-8-14-23/h11-12,24H,4-10,13-16H2,1-3H3. The predicted molar refractivity (Wildman–Crippen MR) is 102 cm³/mol. The van der Waals surface area contributed by atoms with Gasteiger partial charge < -0.3 is 14.9 Å². The van der Waals surface area contributed by atoms with Crippen molar-refractivity contribution < 1.29 is 5.11 Å². The third-order valence-corrected chi connectivity index (χ3v) is 5.74. The maximum absolute atomic E-state index is 10.7. The van der Waals surface area contributed by atoms with E-state index in [1.807, 2.05) is 13.8 Å². The topological polar surface area (TPSA) is 26.7 Å². The lowest BCUT2D eigenvalue weighted by Crippen LogP contribution is -2.37. The third-order valence-electron chi connectivity index (χ3n) is 5.74. The number of likely N-dealkylation sites (N-methyl/N-ethyl adjacent to an activating group) is 1. The number of benzene rings is 1. The lowest BCUT2D eigenvalue weighted by Gasteiger charge is -2.35. The SMILES string of the molecule is CN(CCN1CCCCC1)c1c(C(C)(C)O)ccc2c1CCCC2. The smallest absolute Gasteiger partial charge is 0.0860 e. The molecular formula is C21H34N2O. The Balaban J connectivity index is 1.83. The molecule has 1 saturated heterocycles. The molecule has 3 rings (SSSR count). The Morgan fingerprint density at radius 1 is 1.04 bits per heavy atom. The van der Waals surface area contributed by atoms with Crippen molar-refractivity contribution in [3.63, 3.8) is 0 Å². The average molecular weight is 331 g/mol. The highest BCUT2D eigenvalue weighted by atomic mass is 16.3. The fraction of sp³-hybridized carbons (Fsp3) is 0.714. The molecule has 0 radical (unpaired) electrons. The Bertz CT molecular complexity index is 556. The number of nitrogens with zero attached hydrogens (tertiary/aromatic N) is 2. The number of aliphatic hydroxyl groups is 1. The summed E-state index contributed by atoms with van der Waals surface area (Å²) in [5.41, 5.74) is 4.58. The highest BCUT2D eigenvalue weighted by Crippen LogP contribution is 2.38. The first-order chi connectivity index (χ1) is 11.5. The number of anilines is 1. The molecule has 1 aliphatic heterocycles. The second-order valence-corrected chi connectivity index (χ2v) is 8.19. The highest BCUT2D eigenvalue weighted by molar-refractivity contribution is 5.64. The van der Waals surface area contributed by atoms with Crippen LogP contribution in [0, 0.1) is 0 Å². The van der Waals surface area contributed by atoms with Crippen LogP contribution >= 0.6 is 0 Å². The van der Waals surface area contributed by atoms with Gasteiger partial charge in [0.05, 0.1) is 5.60 Å². The number of likely N-dealkylation sites (tertiary alicyclic amines) is 1. The normalized spacial score (nSPS) is 19.2. The van der Waals surface area contributed by atoms with Gasteiger partial charge in [0.25, 0.3) is 0 Å². The zero-order chi connectivity index (χ0) is 17.2. The van der Waals surface area contributed by atoms with Crippen LogP contribution in [0.2, 0.25) is 0 Å². The third kappa shape index (κ3) is 3.94. The summed E-state index contributed by atoms with van der Waals surface area (Å²) in [6.07, 6.45) is 9.00. The molecule has 0 atom stereocenters. The van der Waals surface area contributed by atoms with Crippen LogP contribution in [0.1, 0.15) is 62.6 Å². The molecular weight excluding hydrogens is 296 g/mol. The molecule has 1 aliphatic carbocycles. The van der Waals surface area contributed by atoms with E-state index in [1.165, 1.54) is 68.4 Å². The Morgan fingerprint density at radius 2 is 1.75 bits per heavy atom. The molecule has 0 saturated carbocycles. The van der Waals surface area contributed by atoms with Crippen molar-refractivity contribution in [1.82, 2.24) is 4.90 Å². The largest absolute Gasteiger partial charge is 0.386 e. The maximum Gasteiger partial charge on any atom is 0.0860 e. The molecule has 3 heteroatoms. The predicted octanol–water partition coefficient (Wildman–Crippen LogP) is 3.71. The first-order valence-corrected chi connectivity index (χ1v) is 9.78. The Labute approximate surface area is 147 Å². The van der Waals surface area contributed by atoms with E-state index >= 15 is 0 Å². The van der Waals surface area contributed by atoms with Crippen molar-refractivity contribution in [3.05, 3.63) is 28.8 Å². The van der Waals surface area contributed by atoms with Gasteiger partial charge in [0, 0.05) is 31.4 Å². The summed E-state index contributed by atoms with van der Waals surface area (Å²) < 4.78 is 0. The number of rotatable bonds is 5. The first-order valence-electron chi connectivity index (χ1n) is 9.78. The van der Waals surface area contributed by atoms with Crippen LogP contribution in [-0.2, 0) is 18.4 Å². The van der Waals surface area contributed by atoms with E-state index < -0.39 is 5.60 Å². The van der Waals surface area contributed by atoms with Gasteiger partial charge in [-0.3, -0.25) is 0 Å². The molecule has 0 bridgehead atoms. The number of piperidine rings is 1. The minimum absolute atomic E-state index is 0.790. The molecule has 0 unspecified atom stereocenters. The molecule has 3 nitrogen and oxygen atoms in total. The minimum atomic E-state index is -0.790. The van der Waals surface area contributed by atoms with Crippen molar-refractivity contribution in [1.29, 1.82) is 0 Å². The van der Waals surface area contributed by atoms with E-state index in [4.69, 9.17) is 0 Å². The molecule has 1 N–H and O–H groups in total. The summed E-state index contributed by atoms with van der Waals surface area (Å²) >= 11 is 0. The van der Waals surface area contributed by atoms with Crippen molar-refractivity contribution in [2.24, 2.45) is 0 Å². The summed E-state index contributed by atoms with van der Waals surface area (Å²) in [4.78, 5) is 5.01. The fourth-order valence-corrected chi connectivity index (χ4v) is 4.32. The summed E-state index contributed by atoms with van der Waals surface area (Å²) in [7, 11) is 2.21. The molecule has 0 aromatic heterocycles. The number of aryl methyl sites for hydroxylation is 1. The van der Waals surface area contributed by atoms with Crippen molar-refractivity contribution in [2.45, 2.75) is 64.4 Å². The monoisotopic (exact) mass is 330 g/mol. The summed E-state index contributed by atoms with van der Waals surface area (Å²) in [6.45, 7) is 8.50. The van der Waals surface area contributed by atoms with E-state index in [9.17, 15) is 5.11 Å². The van der Waals surface area contributed by atoms with Crippen LogP contribution < -0.4 is 4.90 Å². The van der Waals surface area contributed by atoms with Crippen LogP contribution in [0.3, 0.4) is 0 Å². The summed E-state index contributed by atoms with van der Waals surface area (Å²) in [6, 6.07) is 4.42. The number of hydrogen-bond donors (Lipinski definition) is 1. The summed E-state index contributed by atoms with van der Waals surface area (Å²) in [5.74, 6) is 0. The molecule has 24 heavy (non-hydrogen) atoms. The number of hydrogen-bond acceptors (Lipinski definition) is 3. The van der Waals surface area contributed by atoms with Gasteiger partial charge in [0.15, 0.2) is 0 Å².